The van der Waals surface area contributed by atoms with Gasteiger partial charge in [0.2, 0.25) is 5.16 Å². The summed E-state index contributed by atoms with van der Waals surface area (Å²) in [5, 5.41) is 12.2. The number of sulfone groups is 1. The zero-order chi connectivity index (χ0) is 17.9. The van der Waals surface area contributed by atoms with Gasteiger partial charge in [-0.2, -0.15) is 4.68 Å². The maximum absolute atomic E-state index is 12.4. The number of hydrogen-bond donors (Lipinski definition) is 0. The SMILES string of the molecule is Cc1cccc(-n2nnnc2SCCS(=O)(=O)c2ccc(Br)cc2)c1. The Morgan fingerprint density at radius 2 is 1.92 bits per heavy atom. The minimum atomic E-state index is -3.33. The van der Waals surface area contributed by atoms with Crippen LogP contribution < -0.4 is 0 Å². The fourth-order valence-electron chi connectivity index (χ4n) is 2.19. The topological polar surface area (TPSA) is 77.7 Å². The van der Waals surface area contributed by atoms with Gasteiger partial charge in [0.1, 0.15) is 0 Å². The molecule has 0 spiro atoms. The number of rotatable bonds is 6. The second-order valence-electron chi connectivity index (χ2n) is 5.33. The summed E-state index contributed by atoms with van der Waals surface area (Å²) in [6, 6.07) is 14.4. The lowest BCUT2D eigenvalue weighted by Gasteiger charge is -2.06. The van der Waals surface area contributed by atoms with Gasteiger partial charge < -0.3 is 0 Å². The number of aromatic nitrogens is 4. The van der Waals surface area contributed by atoms with Crippen LogP contribution in [-0.2, 0) is 9.84 Å². The van der Waals surface area contributed by atoms with Crippen LogP contribution >= 0.6 is 27.7 Å². The van der Waals surface area contributed by atoms with E-state index in [2.05, 4.69) is 31.5 Å². The van der Waals surface area contributed by atoms with Gasteiger partial charge in [0.15, 0.2) is 9.84 Å². The van der Waals surface area contributed by atoms with Crippen LogP contribution in [0.1, 0.15) is 5.56 Å². The molecule has 9 heteroatoms. The fraction of sp³-hybridized carbons (Fsp3) is 0.188. The lowest BCUT2D eigenvalue weighted by molar-refractivity contribution is 0.597. The molecular formula is C16H15BrN4O2S2. The lowest BCUT2D eigenvalue weighted by atomic mass is 10.2. The van der Waals surface area contributed by atoms with E-state index >= 15 is 0 Å². The second-order valence-corrected chi connectivity index (χ2v) is 9.42. The molecule has 0 amide bonds. The third kappa shape index (κ3) is 4.47. The normalized spacial score (nSPS) is 11.6. The van der Waals surface area contributed by atoms with Crippen LogP contribution in [-0.4, -0.2) is 40.1 Å². The predicted octanol–water partition coefficient (Wildman–Crippen LogP) is 3.30. The van der Waals surface area contributed by atoms with Crippen molar-refractivity contribution < 1.29 is 8.42 Å². The fourth-order valence-corrected chi connectivity index (χ4v) is 5.00. The molecule has 25 heavy (non-hydrogen) atoms. The van der Waals surface area contributed by atoms with Crippen molar-refractivity contribution in [3.63, 3.8) is 0 Å². The molecule has 130 valence electrons. The van der Waals surface area contributed by atoms with Gasteiger partial charge in [0.25, 0.3) is 0 Å². The van der Waals surface area contributed by atoms with Gasteiger partial charge in [0.05, 0.1) is 16.3 Å². The molecule has 0 N–H and O–H groups in total. The summed E-state index contributed by atoms with van der Waals surface area (Å²) < 4.78 is 27.2. The van der Waals surface area contributed by atoms with E-state index in [1.165, 1.54) is 11.8 Å². The minimum Gasteiger partial charge on any atom is -0.224 e. The first-order chi connectivity index (χ1) is 12.0. The van der Waals surface area contributed by atoms with E-state index in [9.17, 15) is 8.42 Å². The summed E-state index contributed by atoms with van der Waals surface area (Å²) in [5.41, 5.74) is 1.95. The largest absolute Gasteiger partial charge is 0.224 e. The van der Waals surface area contributed by atoms with E-state index in [0.717, 1.165) is 15.7 Å². The molecule has 0 radical (unpaired) electrons. The summed E-state index contributed by atoms with van der Waals surface area (Å²) in [7, 11) is -3.33. The van der Waals surface area contributed by atoms with Gasteiger partial charge in [-0.3, -0.25) is 0 Å². The van der Waals surface area contributed by atoms with E-state index in [1.54, 1.807) is 28.9 Å². The van der Waals surface area contributed by atoms with Crippen LogP contribution in [0, 0.1) is 6.92 Å². The van der Waals surface area contributed by atoms with Gasteiger partial charge >= 0.3 is 0 Å². The number of nitrogens with zero attached hydrogens (tertiary/aromatic N) is 4. The minimum absolute atomic E-state index is 0.0139. The van der Waals surface area contributed by atoms with Gasteiger partial charge in [-0.1, -0.05) is 39.8 Å². The van der Waals surface area contributed by atoms with Crippen LogP contribution in [0.5, 0.6) is 0 Å². The van der Waals surface area contributed by atoms with Crippen molar-refractivity contribution in [2.75, 3.05) is 11.5 Å². The summed E-state index contributed by atoms with van der Waals surface area (Å²) in [5.74, 6) is 0.380. The Labute approximate surface area is 158 Å². The Balaban J connectivity index is 1.69. The Morgan fingerprint density at radius 3 is 2.64 bits per heavy atom. The number of tetrazole rings is 1. The molecule has 0 atom stereocenters. The van der Waals surface area contributed by atoms with Crippen molar-refractivity contribution in [2.24, 2.45) is 0 Å². The molecule has 0 unspecified atom stereocenters. The number of benzene rings is 2. The molecule has 6 nitrogen and oxygen atoms in total. The Bertz CT molecular complexity index is 972. The van der Waals surface area contributed by atoms with E-state index in [-0.39, 0.29) is 5.75 Å². The summed E-state index contributed by atoms with van der Waals surface area (Å²) in [4.78, 5) is 0.314. The number of thioether (sulfide) groups is 1. The van der Waals surface area contributed by atoms with Crippen LogP contribution in [0.15, 0.2) is 63.1 Å². The number of aryl methyl sites for hydroxylation is 1. The quantitative estimate of drug-likeness (QED) is 0.549. The average Bonchev–Trinajstić information content (AvgIpc) is 3.03. The van der Waals surface area contributed by atoms with E-state index < -0.39 is 9.84 Å². The van der Waals surface area contributed by atoms with Crippen molar-refractivity contribution in [1.29, 1.82) is 0 Å². The third-order valence-corrected chi connectivity index (χ3v) is 6.88. The zero-order valence-electron chi connectivity index (χ0n) is 13.3. The molecule has 0 aliphatic rings. The Hall–Kier alpha value is -1.71. The summed E-state index contributed by atoms with van der Waals surface area (Å²) in [6.07, 6.45) is 0. The van der Waals surface area contributed by atoms with Crippen molar-refractivity contribution >= 4 is 37.5 Å². The van der Waals surface area contributed by atoms with Crippen LogP contribution in [0.2, 0.25) is 0 Å². The highest BCUT2D eigenvalue weighted by molar-refractivity contribution is 9.10. The average molecular weight is 439 g/mol. The molecule has 0 fully saturated rings. The molecular weight excluding hydrogens is 424 g/mol. The highest BCUT2D eigenvalue weighted by atomic mass is 79.9. The molecule has 1 heterocycles. The first-order valence-corrected chi connectivity index (χ1v) is 10.9. The maximum atomic E-state index is 12.4. The molecule has 3 aromatic rings. The first kappa shape index (κ1) is 18.1. The molecule has 0 saturated carbocycles. The standard InChI is InChI=1S/C16H15BrN4O2S2/c1-12-3-2-4-14(11-12)21-16(18-19-20-21)24-9-10-25(22,23)15-7-5-13(17)6-8-15/h2-8,11H,9-10H2,1H3. The van der Waals surface area contributed by atoms with Crippen molar-refractivity contribution in [3.8, 4) is 5.69 Å². The predicted molar refractivity (Wildman–Crippen MR) is 101 cm³/mol. The summed E-state index contributed by atoms with van der Waals surface area (Å²) in [6.45, 7) is 1.99. The highest BCUT2D eigenvalue weighted by Crippen LogP contribution is 2.21. The first-order valence-electron chi connectivity index (χ1n) is 7.42. The van der Waals surface area contributed by atoms with E-state index in [0.29, 0.717) is 15.8 Å². The molecule has 0 aliphatic carbocycles. The third-order valence-electron chi connectivity index (χ3n) is 3.44. The van der Waals surface area contributed by atoms with Gasteiger partial charge in [-0.05, 0) is 59.3 Å². The van der Waals surface area contributed by atoms with Crippen LogP contribution in [0.4, 0.5) is 0 Å². The van der Waals surface area contributed by atoms with Crippen LogP contribution in [0.25, 0.3) is 5.69 Å². The van der Waals surface area contributed by atoms with Crippen molar-refractivity contribution in [2.45, 2.75) is 17.0 Å². The Morgan fingerprint density at radius 1 is 1.16 bits per heavy atom. The maximum Gasteiger partial charge on any atom is 0.214 e. The van der Waals surface area contributed by atoms with Crippen molar-refractivity contribution in [1.82, 2.24) is 20.2 Å². The molecule has 0 bridgehead atoms. The summed E-state index contributed by atoms with van der Waals surface area (Å²) >= 11 is 4.62. The number of halogens is 1. The number of hydrogen-bond acceptors (Lipinski definition) is 6. The Kier molecular flexibility index (Phi) is 5.55. The zero-order valence-corrected chi connectivity index (χ0v) is 16.6. The molecule has 3 rings (SSSR count). The van der Waals surface area contributed by atoms with Crippen molar-refractivity contribution in [3.05, 3.63) is 58.6 Å². The lowest BCUT2D eigenvalue weighted by Crippen LogP contribution is -2.09. The molecule has 2 aromatic carbocycles. The van der Waals surface area contributed by atoms with Gasteiger partial charge in [-0.15, -0.1) is 5.10 Å². The van der Waals surface area contributed by atoms with Gasteiger partial charge in [0, 0.05) is 10.2 Å². The van der Waals surface area contributed by atoms with Crippen LogP contribution in [0.3, 0.4) is 0 Å². The molecule has 1 aromatic heterocycles. The smallest absolute Gasteiger partial charge is 0.214 e. The monoisotopic (exact) mass is 438 g/mol. The van der Waals surface area contributed by atoms with E-state index in [1.807, 2.05) is 31.2 Å². The highest BCUT2D eigenvalue weighted by Gasteiger charge is 2.16. The molecule has 0 aliphatic heterocycles. The van der Waals surface area contributed by atoms with E-state index in [4.69, 9.17) is 0 Å². The second kappa shape index (κ2) is 7.67. The molecule has 0 saturated heterocycles. The van der Waals surface area contributed by atoms with Gasteiger partial charge in [-0.25, -0.2) is 8.42 Å².